The highest BCUT2D eigenvalue weighted by molar-refractivity contribution is 9.10. The normalized spacial score (nSPS) is 11.1. The zero-order valence-corrected chi connectivity index (χ0v) is 20.3. The Labute approximate surface area is 199 Å². The number of Topliss-reactive ketones (excluding diaryl/α,β-unsaturated/α-hetero) is 1. The van der Waals surface area contributed by atoms with Gasteiger partial charge in [0.05, 0.1) is 0 Å². The second kappa shape index (κ2) is 11.4. The lowest BCUT2D eigenvalue weighted by Gasteiger charge is -2.18. The number of halogens is 1. The Morgan fingerprint density at radius 2 is 0.812 bits per heavy atom. The highest BCUT2D eigenvalue weighted by atomic mass is 79.9. The summed E-state index contributed by atoms with van der Waals surface area (Å²) in [4.78, 5) is 11.8. The highest BCUT2D eigenvalue weighted by Crippen LogP contribution is 2.37. The van der Waals surface area contributed by atoms with Crippen LogP contribution >= 0.6 is 15.9 Å². The number of hydrogen-bond acceptors (Lipinski definition) is 1. The van der Waals surface area contributed by atoms with Gasteiger partial charge in [-0.25, -0.2) is 0 Å². The number of carbonyl (C=O) groups is 1. The molecule has 1 nitrogen and oxygen atoms in total. The van der Waals surface area contributed by atoms with Crippen LogP contribution in [-0.4, -0.2) is 5.78 Å². The molecule has 0 N–H and O–H groups in total. The Balaban J connectivity index is 0.00000141. The molecule has 0 spiro atoms. The molecule has 4 rings (SSSR count). The largest absolute Gasteiger partial charge is 0.295 e. The second-order valence-corrected chi connectivity index (χ2v) is 8.04. The van der Waals surface area contributed by atoms with E-state index in [1.165, 1.54) is 0 Å². The van der Waals surface area contributed by atoms with Crippen LogP contribution in [0.25, 0.3) is 11.1 Å². The quantitative estimate of drug-likeness (QED) is 0.205. The van der Waals surface area contributed by atoms with Crippen LogP contribution in [0.5, 0.6) is 0 Å². The van der Waals surface area contributed by atoms with E-state index in [0.29, 0.717) is 0 Å². The zero-order chi connectivity index (χ0) is 22.9. The molecule has 0 radical (unpaired) electrons. The van der Waals surface area contributed by atoms with Crippen molar-refractivity contribution < 1.29 is 4.79 Å². The Morgan fingerprint density at radius 1 is 0.500 bits per heavy atom. The van der Waals surface area contributed by atoms with Crippen LogP contribution in [0.2, 0.25) is 0 Å². The zero-order valence-electron chi connectivity index (χ0n) is 18.7. The number of benzene rings is 4. The summed E-state index contributed by atoms with van der Waals surface area (Å²) in [6.07, 6.45) is 0. The maximum absolute atomic E-state index is 11.8. The molecule has 160 valence electrons. The summed E-state index contributed by atoms with van der Waals surface area (Å²) in [6, 6.07) is 37.2. The predicted molar refractivity (Wildman–Crippen MR) is 140 cm³/mol. The topological polar surface area (TPSA) is 17.1 Å². The Bertz CT molecular complexity index is 1170. The molecule has 0 amide bonds. The molecule has 0 aliphatic carbocycles. The van der Waals surface area contributed by atoms with Crippen molar-refractivity contribution in [3.8, 4) is 0 Å². The van der Waals surface area contributed by atoms with Crippen molar-refractivity contribution in [2.24, 2.45) is 0 Å². The van der Waals surface area contributed by atoms with Gasteiger partial charge in [-0.1, -0.05) is 127 Å². The summed E-state index contributed by atoms with van der Waals surface area (Å²) in [5, 5.41) is 0. The predicted octanol–water partition coefficient (Wildman–Crippen LogP) is 8.69. The van der Waals surface area contributed by atoms with Crippen molar-refractivity contribution in [1.29, 1.82) is 0 Å². The fraction of sp³-hybridized carbons (Fsp3) is 0.100. The number of hydrogen-bond donors (Lipinski definition) is 0. The molecule has 0 fully saturated rings. The van der Waals surface area contributed by atoms with E-state index in [-0.39, 0.29) is 5.78 Å². The second-order valence-electron chi connectivity index (χ2n) is 7.12. The van der Waals surface area contributed by atoms with Gasteiger partial charge in [0.25, 0.3) is 0 Å². The monoisotopic (exact) mass is 482 g/mol. The lowest BCUT2D eigenvalue weighted by Crippen LogP contribution is -1.98. The van der Waals surface area contributed by atoms with Crippen molar-refractivity contribution >= 4 is 32.9 Å². The minimum Gasteiger partial charge on any atom is -0.295 e. The van der Waals surface area contributed by atoms with E-state index < -0.39 is 0 Å². The van der Waals surface area contributed by atoms with Gasteiger partial charge in [0.2, 0.25) is 0 Å². The summed E-state index contributed by atoms with van der Waals surface area (Å²) < 4.78 is 1.05. The summed E-state index contributed by atoms with van der Waals surface area (Å²) in [6.45, 7) is 5.60. The van der Waals surface area contributed by atoms with Crippen LogP contribution in [0, 0.1) is 0 Å². The van der Waals surface area contributed by atoms with E-state index in [1.807, 2.05) is 50.2 Å². The van der Waals surface area contributed by atoms with Gasteiger partial charge >= 0.3 is 0 Å². The van der Waals surface area contributed by atoms with Gasteiger partial charge in [-0.2, -0.15) is 0 Å². The van der Waals surface area contributed by atoms with Crippen molar-refractivity contribution in [3.05, 3.63) is 141 Å². The molecule has 0 heterocycles. The van der Waals surface area contributed by atoms with Gasteiger partial charge in [0, 0.05) is 10.0 Å². The molecule has 0 aliphatic heterocycles. The van der Waals surface area contributed by atoms with Crippen LogP contribution < -0.4 is 0 Å². The summed E-state index contributed by atoms with van der Waals surface area (Å²) in [5.41, 5.74) is 7.51. The molecule has 0 aliphatic rings. The third-order valence-corrected chi connectivity index (χ3v) is 5.62. The maximum atomic E-state index is 11.8. The minimum atomic E-state index is 0.0722. The fourth-order valence-electron chi connectivity index (χ4n) is 3.61. The molecule has 0 atom stereocenters. The van der Waals surface area contributed by atoms with Crippen LogP contribution in [0.3, 0.4) is 0 Å². The first kappa shape index (κ1) is 23.4. The third-order valence-electron chi connectivity index (χ3n) is 5.09. The maximum Gasteiger partial charge on any atom is 0.159 e. The van der Waals surface area contributed by atoms with Crippen molar-refractivity contribution in [2.75, 3.05) is 0 Å². The Hall–Kier alpha value is -3.23. The smallest absolute Gasteiger partial charge is 0.159 e. The van der Waals surface area contributed by atoms with E-state index in [2.05, 4.69) is 88.7 Å². The molecule has 4 aromatic carbocycles. The summed E-state index contributed by atoms with van der Waals surface area (Å²) >= 11 is 3.55. The molecular weight excluding hydrogens is 456 g/mol. The number of rotatable bonds is 5. The van der Waals surface area contributed by atoms with E-state index >= 15 is 0 Å². The molecule has 0 unspecified atom stereocenters. The van der Waals surface area contributed by atoms with E-state index in [9.17, 15) is 4.79 Å². The van der Waals surface area contributed by atoms with Gasteiger partial charge in [-0.15, -0.1) is 0 Å². The van der Waals surface area contributed by atoms with Crippen LogP contribution in [-0.2, 0) is 0 Å². The average molecular weight is 483 g/mol. The van der Waals surface area contributed by atoms with Crippen molar-refractivity contribution in [1.82, 2.24) is 0 Å². The molecule has 0 saturated heterocycles. The van der Waals surface area contributed by atoms with Crippen LogP contribution in [0.1, 0.15) is 53.4 Å². The molecule has 0 saturated carbocycles. The van der Waals surface area contributed by atoms with Gasteiger partial charge in [-0.05, 0) is 52.5 Å². The number of carbonyl (C=O) groups excluding carboxylic acids is 1. The Morgan fingerprint density at radius 3 is 1.19 bits per heavy atom. The number of ketones is 1. The van der Waals surface area contributed by atoms with Crippen molar-refractivity contribution in [2.45, 2.75) is 20.8 Å². The van der Waals surface area contributed by atoms with E-state index in [0.717, 1.165) is 43.4 Å². The third kappa shape index (κ3) is 5.52. The van der Waals surface area contributed by atoms with Crippen LogP contribution in [0.4, 0.5) is 0 Å². The lowest BCUT2D eigenvalue weighted by atomic mass is 9.85. The van der Waals surface area contributed by atoms with Gasteiger partial charge < -0.3 is 0 Å². The first-order valence-electron chi connectivity index (χ1n) is 10.9. The van der Waals surface area contributed by atoms with Crippen LogP contribution in [0.15, 0.2) is 114 Å². The molecule has 0 aromatic heterocycles. The fourth-order valence-corrected chi connectivity index (χ4v) is 3.87. The summed E-state index contributed by atoms with van der Waals surface area (Å²) in [7, 11) is 0. The van der Waals surface area contributed by atoms with Crippen molar-refractivity contribution in [3.63, 3.8) is 0 Å². The standard InChI is InChI=1S/C28H21BrO.C2H6/c1-20(30)21-12-14-24(15-13-21)27(22-8-4-2-5-9-22)28(23-10-6-3-7-11-23)25-16-18-26(29)19-17-25;1-2/h2-19H,1H3;1-2H3/b28-27+;. The average Bonchev–Trinajstić information content (AvgIpc) is 2.86. The minimum absolute atomic E-state index is 0.0722. The molecule has 4 aromatic rings. The van der Waals surface area contributed by atoms with E-state index in [4.69, 9.17) is 0 Å². The SMILES string of the molecule is CC.CC(=O)c1ccc(/C(=C(\c2ccccc2)c2ccc(Br)cc2)c2ccccc2)cc1. The van der Waals surface area contributed by atoms with Gasteiger partial charge in [0.15, 0.2) is 5.78 Å². The summed E-state index contributed by atoms with van der Waals surface area (Å²) in [5.74, 6) is 0.0722. The Kier molecular flexibility index (Phi) is 8.35. The first-order chi connectivity index (χ1) is 15.6. The van der Waals surface area contributed by atoms with Gasteiger partial charge in [-0.3, -0.25) is 4.79 Å². The van der Waals surface area contributed by atoms with Gasteiger partial charge in [0.1, 0.15) is 0 Å². The highest BCUT2D eigenvalue weighted by Gasteiger charge is 2.16. The molecule has 32 heavy (non-hydrogen) atoms. The lowest BCUT2D eigenvalue weighted by molar-refractivity contribution is 0.101. The van der Waals surface area contributed by atoms with E-state index in [1.54, 1.807) is 6.92 Å². The molecular formula is C30H27BrO. The first-order valence-corrected chi connectivity index (χ1v) is 11.7. The molecule has 2 heteroatoms. The molecule has 0 bridgehead atoms.